The minimum Gasteiger partial charge on any atom is -0.295 e. The van der Waals surface area contributed by atoms with Gasteiger partial charge < -0.3 is 0 Å². The van der Waals surface area contributed by atoms with Crippen LogP contribution in [-0.2, 0) is 4.94 Å². The van der Waals surface area contributed by atoms with Crippen molar-refractivity contribution >= 4 is 0 Å². The number of halogens is 2. The van der Waals surface area contributed by atoms with Gasteiger partial charge in [-0.15, -0.1) is 0 Å². The average Bonchev–Trinajstić information content (AvgIpc) is 1.83. The summed E-state index contributed by atoms with van der Waals surface area (Å²) in [6.45, 7) is 5.94. The molecular formula is C6H6F2O. The zero-order valence-corrected chi connectivity index (χ0v) is 4.73. The van der Waals surface area contributed by atoms with Gasteiger partial charge in [-0.25, -0.2) is 4.39 Å². The first-order valence-corrected chi connectivity index (χ1v) is 2.17. The van der Waals surface area contributed by atoms with Crippen LogP contribution in [0.25, 0.3) is 0 Å². The summed E-state index contributed by atoms with van der Waals surface area (Å²) in [7, 11) is 0. The van der Waals surface area contributed by atoms with Crippen LogP contribution in [0.15, 0.2) is 36.9 Å². The van der Waals surface area contributed by atoms with E-state index >= 15 is 0 Å². The van der Waals surface area contributed by atoms with Crippen LogP contribution in [0.1, 0.15) is 0 Å². The van der Waals surface area contributed by atoms with Gasteiger partial charge in [0.2, 0.25) is 0 Å². The van der Waals surface area contributed by atoms with E-state index in [0.29, 0.717) is 0 Å². The first-order valence-electron chi connectivity index (χ1n) is 2.17. The molecule has 1 nitrogen and oxygen atoms in total. The lowest BCUT2D eigenvalue weighted by Crippen LogP contribution is -1.71. The van der Waals surface area contributed by atoms with Crippen LogP contribution >= 0.6 is 0 Å². The first-order chi connectivity index (χ1) is 4.16. The van der Waals surface area contributed by atoms with Gasteiger partial charge in [0.15, 0.2) is 5.76 Å². The van der Waals surface area contributed by atoms with Crippen molar-refractivity contribution in [1.29, 1.82) is 0 Å². The van der Waals surface area contributed by atoms with Gasteiger partial charge in [-0.3, -0.25) is 4.94 Å². The summed E-state index contributed by atoms with van der Waals surface area (Å²) in [4.78, 5) is 3.11. The Labute approximate surface area is 51.8 Å². The van der Waals surface area contributed by atoms with E-state index in [1.165, 1.54) is 0 Å². The van der Waals surface area contributed by atoms with E-state index in [1.54, 1.807) is 0 Å². The van der Waals surface area contributed by atoms with Crippen LogP contribution in [0.4, 0.5) is 8.92 Å². The third kappa shape index (κ3) is 4.74. The standard InChI is InChI=1S/C6H6F2O/c1-5(7)3-4-6(2)9-8/h3-4H,1-2H2/b4-3-. The monoisotopic (exact) mass is 132 g/mol. The van der Waals surface area contributed by atoms with Crippen molar-refractivity contribution in [1.82, 2.24) is 0 Å². The maximum Gasteiger partial charge on any atom is 0.164 e. The van der Waals surface area contributed by atoms with Gasteiger partial charge in [0.1, 0.15) is 5.83 Å². The number of rotatable bonds is 3. The van der Waals surface area contributed by atoms with Gasteiger partial charge in [-0.05, 0) is 12.2 Å². The number of allylic oxidation sites excluding steroid dienone is 3. The normalized spacial score (nSPS) is 9.56. The molecular weight excluding hydrogens is 126 g/mol. The van der Waals surface area contributed by atoms with Crippen molar-refractivity contribution in [2.75, 3.05) is 0 Å². The SMILES string of the molecule is C=C(F)/C=C\C(=C)OF. The topological polar surface area (TPSA) is 9.23 Å². The lowest BCUT2D eigenvalue weighted by Gasteiger charge is -1.86. The molecule has 0 bridgehead atoms. The average molecular weight is 132 g/mol. The van der Waals surface area contributed by atoms with Crippen LogP contribution in [-0.4, -0.2) is 0 Å². The van der Waals surface area contributed by atoms with E-state index < -0.39 is 5.83 Å². The molecule has 9 heavy (non-hydrogen) atoms. The lowest BCUT2D eigenvalue weighted by atomic mass is 10.4. The smallest absolute Gasteiger partial charge is 0.164 e. The van der Waals surface area contributed by atoms with E-state index in [0.717, 1.165) is 12.2 Å². The Balaban J connectivity index is 3.71. The molecule has 0 unspecified atom stereocenters. The van der Waals surface area contributed by atoms with Crippen molar-refractivity contribution in [3.63, 3.8) is 0 Å². The van der Waals surface area contributed by atoms with E-state index in [2.05, 4.69) is 18.1 Å². The second-order valence-electron chi connectivity index (χ2n) is 1.32. The number of hydrogen-bond acceptors (Lipinski definition) is 1. The third-order valence-corrected chi connectivity index (χ3v) is 0.549. The molecule has 0 amide bonds. The minimum atomic E-state index is -0.673. The molecule has 3 heteroatoms. The molecule has 0 aromatic rings. The molecule has 0 saturated heterocycles. The summed E-state index contributed by atoms with van der Waals surface area (Å²) in [5.74, 6) is -0.929. The zero-order valence-electron chi connectivity index (χ0n) is 4.73. The van der Waals surface area contributed by atoms with Crippen LogP contribution in [0.3, 0.4) is 0 Å². The van der Waals surface area contributed by atoms with Crippen molar-refractivity contribution in [2.24, 2.45) is 0 Å². The van der Waals surface area contributed by atoms with Crippen molar-refractivity contribution in [3.05, 3.63) is 36.9 Å². The highest BCUT2D eigenvalue weighted by atomic mass is 19.3. The molecule has 0 spiro atoms. The second kappa shape index (κ2) is 3.83. The lowest BCUT2D eigenvalue weighted by molar-refractivity contribution is -0.0758. The van der Waals surface area contributed by atoms with Crippen molar-refractivity contribution < 1.29 is 13.9 Å². The fourth-order valence-corrected chi connectivity index (χ4v) is 0.209. The van der Waals surface area contributed by atoms with Gasteiger partial charge in [-0.2, -0.15) is 0 Å². The van der Waals surface area contributed by atoms with Crippen molar-refractivity contribution in [2.45, 2.75) is 0 Å². The molecule has 0 heterocycles. The van der Waals surface area contributed by atoms with Crippen LogP contribution in [0.5, 0.6) is 0 Å². The van der Waals surface area contributed by atoms with Gasteiger partial charge in [0, 0.05) is 4.53 Å². The second-order valence-corrected chi connectivity index (χ2v) is 1.32. The van der Waals surface area contributed by atoms with Crippen molar-refractivity contribution in [3.8, 4) is 0 Å². The van der Waals surface area contributed by atoms with Crippen LogP contribution < -0.4 is 0 Å². The van der Waals surface area contributed by atoms with E-state index in [4.69, 9.17) is 0 Å². The Morgan fingerprint density at radius 3 is 2.22 bits per heavy atom. The minimum absolute atomic E-state index is 0.256. The molecule has 0 radical (unpaired) electrons. The highest BCUT2D eigenvalue weighted by Crippen LogP contribution is 1.99. The molecule has 0 aromatic carbocycles. The number of hydrogen-bond donors (Lipinski definition) is 0. The predicted molar refractivity (Wildman–Crippen MR) is 30.7 cm³/mol. The summed E-state index contributed by atoms with van der Waals surface area (Å²) < 4.78 is 22.7. The largest absolute Gasteiger partial charge is 0.295 e. The Morgan fingerprint density at radius 2 is 1.89 bits per heavy atom. The fraction of sp³-hybridized carbons (Fsp3) is 0. The summed E-state index contributed by atoms with van der Waals surface area (Å²) in [6, 6.07) is 0. The zero-order chi connectivity index (χ0) is 7.28. The highest BCUT2D eigenvalue weighted by molar-refractivity contribution is 5.15. The quantitative estimate of drug-likeness (QED) is 0.423. The van der Waals surface area contributed by atoms with E-state index in [9.17, 15) is 8.92 Å². The molecule has 0 N–H and O–H groups in total. The summed E-state index contributed by atoms with van der Waals surface area (Å²) in [5.41, 5.74) is 0. The van der Waals surface area contributed by atoms with Gasteiger partial charge in [-0.1, -0.05) is 13.2 Å². The summed E-state index contributed by atoms with van der Waals surface area (Å²) in [5, 5.41) is 0. The van der Waals surface area contributed by atoms with Crippen LogP contribution in [0, 0.1) is 0 Å². The predicted octanol–water partition coefficient (Wildman–Crippen LogP) is 2.44. The third-order valence-electron chi connectivity index (χ3n) is 0.549. The van der Waals surface area contributed by atoms with E-state index in [-0.39, 0.29) is 5.76 Å². The Kier molecular flexibility index (Phi) is 3.35. The van der Waals surface area contributed by atoms with Crippen LogP contribution in [0.2, 0.25) is 0 Å². The highest BCUT2D eigenvalue weighted by Gasteiger charge is 1.85. The molecule has 0 fully saturated rings. The van der Waals surface area contributed by atoms with Gasteiger partial charge in [0.25, 0.3) is 0 Å². The van der Waals surface area contributed by atoms with E-state index in [1.807, 2.05) is 0 Å². The maximum atomic E-state index is 11.7. The van der Waals surface area contributed by atoms with Gasteiger partial charge in [0.05, 0.1) is 0 Å². The molecule has 0 rings (SSSR count). The molecule has 0 aromatic heterocycles. The Bertz CT molecular complexity index is 149. The molecule has 0 atom stereocenters. The summed E-state index contributed by atoms with van der Waals surface area (Å²) in [6.07, 6.45) is 1.98. The molecule has 0 aliphatic carbocycles. The first kappa shape index (κ1) is 7.88. The Morgan fingerprint density at radius 1 is 1.33 bits per heavy atom. The fourth-order valence-electron chi connectivity index (χ4n) is 0.209. The Hall–Kier alpha value is -1.12. The summed E-state index contributed by atoms with van der Waals surface area (Å²) >= 11 is 0. The molecule has 0 aliphatic heterocycles. The molecule has 0 aliphatic rings. The molecule has 0 saturated carbocycles. The molecule has 50 valence electrons. The maximum absolute atomic E-state index is 11.7. The van der Waals surface area contributed by atoms with Gasteiger partial charge >= 0.3 is 0 Å².